The maximum absolute atomic E-state index is 12.0. The van der Waals surface area contributed by atoms with Crippen molar-refractivity contribution in [3.8, 4) is 0 Å². The molecule has 0 radical (unpaired) electrons. The zero-order valence-electron chi connectivity index (χ0n) is 8.56. The zero-order valence-corrected chi connectivity index (χ0v) is 8.56. The summed E-state index contributed by atoms with van der Waals surface area (Å²) >= 11 is 0. The number of hydrogen-bond donors (Lipinski definition) is 1. The number of alkyl halides is 3. The second-order valence-corrected chi connectivity index (χ2v) is 4.21. The molecule has 1 saturated heterocycles. The third-order valence-corrected chi connectivity index (χ3v) is 2.67. The number of nitrogens with one attached hydrogen (secondary N) is 1. The molecule has 5 heteroatoms. The molecule has 2 nitrogen and oxygen atoms in total. The lowest BCUT2D eigenvalue weighted by Crippen LogP contribution is -2.36. The summed E-state index contributed by atoms with van der Waals surface area (Å²) in [7, 11) is 1.53. The topological polar surface area (TPSA) is 15.3 Å². The first-order valence-electron chi connectivity index (χ1n) is 4.84. The van der Waals surface area contributed by atoms with Crippen molar-refractivity contribution in [2.45, 2.75) is 13.1 Å². The Kier molecular flexibility index (Phi) is 3.78. The summed E-state index contributed by atoms with van der Waals surface area (Å²) < 4.78 is 36.1. The van der Waals surface area contributed by atoms with Crippen LogP contribution in [0.5, 0.6) is 0 Å². The summed E-state index contributed by atoms with van der Waals surface area (Å²) in [6, 6.07) is 0. The van der Waals surface area contributed by atoms with Crippen LogP contribution in [-0.2, 0) is 0 Å². The highest BCUT2D eigenvalue weighted by Crippen LogP contribution is 2.20. The standard InChI is InChI=1S/C9H17F3N2/c1-7-3-13-4-8(7)5-14(2)6-9(10,11)12/h7-8,13H,3-6H2,1-2H3. The fourth-order valence-electron chi connectivity index (χ4n) is 1.88. The maximum atomic E-state index is 12.0. The van der Waals surface area contributed by atoms with Crippen LogP contribution >= 0.6 is 0 Å². The van der Waals surface area contributed by atoms with Gasteiger partial charge in [-0.3, -0.25) is 4.90 Å². The van der Waals surface area contributed by atoms with Crippen molar-refractivity contribution in [1.29, 1.82) is 0 Å². The maximum Gasteiger partial charge on any atom is 0.401 e. The highest BCUT2D eigenvalue weighted by Gasteiger charge is 2.31. The molecule has 0 amide bonds. The van der Waals surface area contributed by atoms with Crippen molar-refractivity contribution in [2.75, 3.05) is 33.2 Å². The van der Waals surface area contributed by atoms with E-state index in [2.05, 4.69) is 12.2 Å². The van der Waals surface area contributed by atoms with E-state index in [4.69, 9.17) is 0 Å². The summed E-state index contributed by atoms with van der Waals surface area (Å²) in [5.74, 6) is 0.827. The normalized spacial score (nSPS) is 28.7. The van der Waals surface area contributed by atoms with E-state index in [1.807, 2.05) is 0 Å². The SMILES string of the molecule is CC1CNCC1CN(C)CC(F)(F)F. The minimum atomic E-state index is -4.08. The lowest BCUT2D eigenvalue weighted by molar-refractivity contribution is -0.144. The molecule has 84 valence electrons. The Balaban J connectivity index is 2.29. The van der Waals surface area contributed by atoms with Gasteiger partial charge in [-0.2, -0.15) is 13.2 Å². The molecule has 2 atom stereocenters. The van der Waals surface area contributed by atoms with Crippen molar-refractivity contribution in [2.24, 2.45) is 11.8 Å². The molecule has 14 heavy (non-hydrogen) atoms. The molecule has 1 heterocycles. The average molecular weight is 210 g/mol. The molecule has 0 aromatic rings. The van der Waals surface area contributed by atoms with E-state index in [-0.39, 0.29) is 0 Å². The third-order valence-electron chi connectivity index (χ3n) is 2.67. The highest BCUT2D eigenvalue weighted by atomic mass is 19.4. The molecule has 0 aromatic carbocycles. The van der Waals surface area contributed by atoms with Gasteiger partial charge in [0.15, 0.2) is 0 Å². The van der Waals surface area contributed by atoms with Gasteiger partial charge in [0.2, 0.25) is 0 Å². The lowest BCUT2D eigenvalue weighted by atomic mass is 9.98. The van der Waals surface area contributed by atoms with Gasteiger partial charge in [-0.25, -0.2) is 0 Å². The van der Waals surface area contributed by atoms with Gasteiger partial charge in [-0.1, -0.05) is 6.92 Å². The molecular formula is C9H17F3N2. The summed E-state index contributed by atoms with van der Waals surface area (Å²) in [6.45, 7) is 3.55. The molecule has 1 N–H and O–H groups in total. The van der Waals surface area contributed by atoms with Gasteiger partial charge in [0.1, 0.15) is 0 Å². The first-order chi connectivity index (χ1) is 6.38. The Morgan fingerprint density at radius 3 is 2.43 bits per heavy atom. The van der Waals surface area contributed by atoms with Gasteiger partial charge < -0.3 is 5.32 Å². The average Bonchev–Trinajstić information content (AvgIpc) is 2.32. The smallest absolute Gasteiger partial charge is 0.316 e. The van der Waals surface area contributed by atoms with Crippen LogP contribution in [0.3, 0.4) is 0 Å². The molecule has 0 aliphatic carbocycles. The van der Waals surface area contributed by atoms with Gasteiger partial charge in [0.25, 0.3) is 0 Å². The second-order valence-electron chi connectivity index (χ2n) is 4.21. The number of hydrogen-bond acceptors (Lipinski definition) is 2. The minimum absolute atomic E-state index is 0.349. The Morgan fingerprint density at radius 1 is 1.36 bits per heavy atom. The van der Waals surface area contributed by atoms with E-state index in [1.54, 1.807) is 0 Å². The first kappa shape index (κ1) is 11.8. The third kappa shape index (κ3) is 3.84. The number of halogens is 3. The Labute approximate surface area is 82.5 Å². The quantitative estimate of drug-likeness (QED) is 0.756. The predicted octanol–water partition coefficient (Wildman–Crippen LogP) is 1.34. The molecule has 0 saturated carbocycles. The van der Waals surface area contributed by atoms with Gasteiger partial charge in [-0.15, -0.1) is 0 Å². The first-order valence-corrected chi connectivity index (χ1v) is 4.84. The summed E-state index contributed by atoms with van der Waals surface area (Å²) in [6.07, 6.45) is -4.08. The van der Waals surface area contributed by atoms with Crippen molar-refractivity contribution in [3.63, 3.8) is 0 Å². The molecule has 1 aliphatic heterocycles. The minimum Gasteiger partial charge on any atom is -0.316 e. The van der Waals surface area contributed by atoms with Gasteiger partial charge >= 0.3 is 6.18 Å². The fourth-order valence-corrected chi connectivity index (χ4v) is 1.88. The Bertz CT molecular complexity index is 181. The van der Waals surface area contributed by atoms with Crippen LogP contribution in [0.25, 0.3) is 0 Å². The van der Waals surface area contributed by atoms with Crippen LogP contribution in [0.15, 0.2) is 0 Å². The van der Waals surface area contributed by atoms with Gasteiger partial charge in [0, 0.05) is 6.54 Å². The molecule has 1 rings (SSSR count). The van der Waals surface area contributed by atoms with Crippen LogP contribution in [-0.4, -0.2) is 44.3 Å². The molecule has 1 aliphatic rings. The van der Waals surface area contributed by atoms with E-state index in [9.17, 15) is 13.2 Å². The summed E-state index contributed by atoms with van der Waals surface area (Å²) in [4.78, 5) is 1.36. The predicted molar refractivity (Wildman–Crippen MR) is 49.1 cm³/mol. The second kappa shape index (κ2) is 4.49. The molecular weight excluding hydrogens is 193 g/mol. The Morgan fingerprint density at radius 2 is 2.00 bits per heavy atom. The fraction of sp³-hybridized carbons (Fsp3) is 1.00. The summed E-state index contributed by atoms with van der Waals surface area (Å²) in [5.41, 5.74) is 0. The number of nitrogens with zero attached hydrogens (tertiary/aromatic N) is 1. The summed E-state index contributed by atoms with van der Waals surface area (Å²) in [5, 5.41) is 3.18. The van der Waals surface area contributed by atoms with E-state index < -0.39 is 12.7 Å². The van der Waals surface area contributed by atoms with Gasteiger partial charge in [0.05, 0.1) is 6.54 Å². The number of rotatable bonds is 3. The zero-order chi connectivity index (χ0) is 10.8. The lowest BCUT2D eigenvalue weighted by Gasteiger charge is -2.23. The van der Waals surface area contributed by atoms with Crippen LogP contribution in [0.4, 0.5) is 13.2 Å². The molecule has 0 bridgehead atoms. The Hall–Kier alpha value is -0.290. The van der Waals surface area contributed by atoms with Crippen molar-refractivity contribution < 1.29 is 13.2 Å². The molecule has 1 fully saturated rings. The van der Waals surface area contributed by atoms with Crippen LogP contribution in [0.1, 0.15) is 6.92 Å². The highest BCUT2D eigenvalue weighted by molar-refractivity contribution is 4.80. The monoisotopic (exact) mass is 210 g/mol. The van der Waals surface area contributed by atoms with E-state index in [0.717, 1.165) is 13.1 Å². The van der Waals surface area contributed by atoms with E-state index in [0.29, 0.717) is 18.4 Å². The van der Waals surface area contributed by atoms with Crippen molar-refractivity contribution in [1.82, 2.24) is 10.2 Å². The molecule has 0 spiro atoms. The van der Waals surface area contributed by atoms with Crippen molar-refractivity contribution in [3.05, 3.63) is 0 Å². The van der Waals surface area contributed by atoms with Crippen LogP contribution in [0.2, 0.25) is 0 Å². The van der Waals surface area contributed by atoms with E-state index in [1.165, 1.54) is 11.9 Å². The van der Waals surface area contributed by atoms with E-state index >= 15 is 0 Å². The van der Waals surface area contributed by atoms with Gasteiger partial charge in [-0.05, 0) is 32.0 Å². The molecule has 0 aromatic heterocycles. The van der Waals surface area contributed by atoms with Crippen LogP contribution in [0, 0.1) is 11.8 Å². The van der Waals surface area contributed by atoms with Crippen LogP contribution < -0.4 is 5.32 Å². The molecule has 2 unspecified atom stereocenters. The largest absolute Gasteiger partial charge is 0.401 e. The van der Waals surface area contributed by atoms with Crippen molar-refractivity contribution >= 4 is 0 Å².